The molecule has 0 saturated heterocycles. The lowest BCUT2D eigenvalue weighted by Crippen LogP contribution is -2.15. The van der Waals surface area contributed by atoms with E-state index in [0.29, 0.717) is 0 Å². The van der Waals surface area contributed by atoms with Gasteiger partial charge in [-0.25, -0.2) is 0 Å². The van der Waals surface area contributed by atoms with Crippen LogP contribution in [0, 0.1) is 0 Å². The van der Waals surface area contributed by atoms with Crippen molar-refractivity contribution < 1.29 is 0 Å². The zero-order chi connectivity index (χ0) is 43.5. The molecule has 0 unspecified atom stereocenters. The highest BCUT2D eigenvalue weighted by Crippen LogP contribution is 2.50. The van der Waals surface area contributed by atoms with Crippen LogP contribution in [-0.2, 0) is 5.41 Å². The number of rotatable bonds is 8. The van der Waals surface area contributed by atoms with Crippen LogP contribution in [0.1, 0.15) is 25.0 Å². The van der Waals surface area contributed by atoms with Crippen LogP contribution in [0.15, 0.2) is 243 Å². The zero-order valence-corrected chi connectivity index (χ0v) is 36.5. The fraction of sp³-hybridized carbons (Fsp3) is 0.0476. The molecule has 0 bridgehead atoms. The normalized spacial score (nSPS) is 12.6. The fourth-order valence-electron chi connectivity index (χ4n) is 10.4. The van der Waals surface area contributed by atoms with Gasteiger partial charge in [0.1, 0.15) is 0 Å². The van der Waals surface area contributed by atoms with E-state index < -0.39 is 0 Å². The van der Waals surface area contributed by atoms with Crippen molar-refractivity contribution in [1.29, 1.82) is 0 Å². The number of para-hydroxylation sites is 2. The number of anilines is 3. The molecule has 0 aliphatic heterocycles. The number of benzene rings is 10. The molecule has 1 aliphatic carbocycles. The topological polar surface area (TPSA) is 8.17 Å². The lowest BCUT2D eigenvalue weighted by atomic mass is 9.82. The van der Waals surface area contributed by atoms with Crippen LogP contribution < -0.4 is 4.90 Å². The van der Waals surface area contributed by atoms with Gasteiger partial charge >= 0.3 is 0 Å². The van der Waals surface area contributed by atoms with Crippen LogP contribution in [0.2, 0.25) is 0 Å². The minimum Gasteiger partial charge on any atom is -0.310 e. The highest BCUT2D eigenvalue weighted by Gasteiger charge is 2.35. The van der Waals surface area contributed by atoms with E-state index in [-0.39, 0.29) is 5.41 Å². The maximum absolute atomic E-state index is 2.47. The Bertz CT molecular complexity index is 3540. The monoisotopic (exact) mass is 830 g/mol. The standard InChI is InChI=1S/C63H46N2/c1-63(2)58-27-11-9-24-55(58)56-39-38-53(42-59(56)63)65-60-28-12-10-25-57(60)62-54(26-15-29-61(62)65)49-20-13-18-47(40-49)48-19-14-23-52(41-48)64(50-21-7-4-8-22-50)51-36-34-46(35-37-51)45-32-30-44(31-33-45)43-16-5-3-6-17-43/h3-42H,1-2H3. The summed E-state index contributed by atoms with van der Waals surface area (Å²) in [6.07, 6.45) is 0. The first-order valence-electron chi connectivity index (χ1n) is 22.6. The molecule has 0 N–H and O–H groups in total. The van der Waals surface area contributed by atoms with Gasteiger partial charge in [0.05, 0.1) is 11.0 Å². The molecule has 2 nitrogen and oxygen atoms in total. The predicted molar refractivity (Wildman–Crippen MR) is 275 cm³/mol. The average Bonchev–Trinajstić information content (AvgIpc) is 3.83. The molecule has 10 aromatic carbocycles. The molecular formula is C63H46N2. The number of fused-ring (bicyclic) bond motifs is 6. The maximum atomic E-state index is 2.47. The molecule has 0 saturated carbocycles. The van der Waals surface area contributed by atoms with Crippen molar-refractivity contribution in [3.05, 3.63) is 254 Å². The van der Waals surface area contributed by atoms with Gasteiger partial charge in [-0.2, -0.15) is 0 Å². The van der Waals surface area contributed by atoms with E-state index in [2.05, 4.69) is 266 Å². The highest BCUT2D eigenvalue weighted by molar-refractivity contribution is 6.16. The first-order valence-corrected chi connectivity index (χ1v) is 22.6. The molecule has 12 rings (SSSR count). The van der Waals surface area contributed by atoms with Gasteiger partial charge in [0.15, 0.2) is 0 Å². The van der Waals surface area contributed by atoms with Crippen LogP contribution in [0.25, 0.3) is 83.1 Å². The van der Waals surface area contributed by atoms with Crippen molar-refractivity contribution in [2.75, 3.05) is 4.90 Å². The van der Waals surface area contributed by atoms with Crippen LogP contribution in [0.3, 0.4) is 0 Å². The van der Waals surface area contributed by atoms with E-state index in [4.69, 9.17) is 0 Å². The number of hydrogen-bond acceptors (Lipinski definition) is 1. The summed E-state index contributed by atoms with van der Waals surface area (Å²) in [5.74, 6) is 0. The quantitative estimate of drug-likeness (QED) is 0.148. The van der Waals surface area contributed by atoms with E-state index in [1.807, 2.05) is 0 Å². The highest BCUT2D eigenvalue weighted by atomic mass is 15.1. The second kappa shape index (κ2) is 15.6. The van der Waals surface area contributed by atoms with Gasteiger partial charge in [-0.05, 0) is 133 Å². The van der Waals surface area contributed by atoms with Crippen molar-refractivity contribution >= 4 is 38.9 Å². The third-order valence-electron chi connectivity index (χ3n) is 13.6. The van der Waals surface area contributed by atoms with Gasteiger partial charge in [-0.3, -0.25) is 0 Å². The van der Waals surface area contributed by atoms with Crippen molar-refractivity contribution in [3.63, 3.8) is 0 Å². The Morgan fingerprint density at radius 1 is 0.323 bits per heavy atom. The van der Waals surface area contributed by atoms with Crippen molar-refractivity contribution in [2.24, 2.45) is 0 Å². The van der Waals surface area contributed by atoms with Gasteiger partial charge in [-0.15, -0.1) is 0 Å². The summed E-state index contributed by atoms with van der Waals surface area (Å²) >= 11 is 0. The van der Waals surface area contributed by atoms with E-state index >= 15 is 0 Å². The number of nitrogens with zero attached hydrogens (tertiary/aromatic N) is 2. The average molecular weight is 831 g/mol. The lowest BCUT2D eigenvalue weighted by Gasteiger charge is -2.26. The first kappa shape index (κ1) is 38.5. The lowest BCUT2D eigenvalue weighted by molar-refractivity contribution is 0.660. The Balaban J connectivity index is 0.907. The minimum atomic E-state index is -0.0804. The molecule has 1 aliphatic rings. The second-order valence-electron chi connectivity index (χ2n) is 17.7. The van der Waals surface area contributed by atoms with Gasteiger partial charge < -0.3 is 9.47 Å². The Labute approximate surface area is 381 Å². The molecule has 0 amide bonds. The molecule has 11 aromatic rings. The Hall–Kier alpha value is -8.20. The third kappa shape index (κ3) is 6.57. The fourth-order valence-corrected chi connectivity index (χ4v) is 10.4. The molecule has 0 fully saturated rings. The van der Waals surface area contributed by atoms with Crippen molar-refractivity contribution in [3.8, 4) is 61.3 Å². The van der Waals surface area contributed by atoms with E-state index in [9.17, 15) is 0 Å². The molecule has 0 radical (unpaired) electrons. The molecule has 1 heterocycles. The summed E-state index contributed by atoms with van der Waals surface area (Å²) in [5, 5.41) is 2.52. The summed E-state index contributed by atoms with van der Waals surface area (Å²) < 4.78 is 2.47. The number of hydrogen-bond donors (Lipinski definition) is 0. The molecule has 65 heavy (non-hydrogen) atoms. The molecule has 0 spiro atoms. The number of aromatic nitrogens is 1. The zero-order valence-electron chi connectivity index (χ0n) is 36.5. The molecule has 1 aromatic heterocycles. The van der Waals surface area contributed by atoms with Crippen molar-refractivity contribution in [1.82, 2.24) is 4.57 Å². The smallest absolute Gasteiger partial charge is 0.0547 e. The maximum Gasteiger partial charge on any atom is 0.0547 e. The SMILES string of the molecule is CC1(C)c2ccccc2-c2ccc(-n3c4ccccc4c4c(-c5cccc(-c6cccc(N(c7ccccc7)c7ccc(-c8ccc(-c9ccccc9)cc8)cc7)c6)c5)cccc43)cc21. The Morgan fingerprint density at radius 2 is 0.831 bits per heavy atom. The van der Waals surface area contributed by atoms with Gasteiger partial charge in [0.25, 0.3) is 0 Å². The molecular weight excluding hydrogens is 785 g/mol. The van der Waals surface area contributed by atoms with Crippen LogP contribution in [-0.4, -0.2) is 4.57 Å². The first-order chi connectivity index (χ1) is 32.0. The minimum absolute atomic E-state index is 0.0804. The summed E-state index contributed by atoms with van der Waals surface area (Å²) in [5.41, 5.74) is 21.9. The third-order valence-corrected chi connectivity index (χ3v) is 13.6. The van der Waals surface area contributed by atoms with Crippen molar-refractivity contribution in [2.45, 2.75) is 19.3 Å². The molecule has 0 atom stereocenters. The summed E-state index contributed by atoms with van der Waals surface area (Å²) in [4.78, 5) is 2.35. The van der Waals surface area contributed by atoms with Crippen LogP contribution in [0.5, 0.6) is 0 Å². The second-order valence-corrected chi connectivity index (χ2v) is 17.7. The largest absolute Gasteiger partial charge is 0.310 e. The molecule has 308 valence electrons. The van der Waals surface area contributed by atoms with Crippen LogP contribution in [0.4, 0.5) is 17.1 Å². The summed E-state index contributed by atoms with van der Waals surface area (Å²) in [7, 11) is 0. The Morgan fingerprint density at radius 3 is 1.60 bits per heavy atom. The Kier molecular flexibility index (Phi) is 9.21. The van der Waals surface area contributed by atoms with E-state index in [1.54, 1.807) is 0 Å². The van der Waals surface area contributed by atoms with E-state index in [0.717, 1.165) is 22.6 Å². The van der Waals surface area contributed by atoms with E-state index in [1.165, 1.54) is 88.7 Å². The van der Waals surface area contributed by atoms with Gasteiger partial charge in [-0.1, -0.05) is 190 Å². The van der Waals surface area contributed by atoms with Gasteiger partial charge in [0.2, 0.25) is 0 Å². The van der Waals surface area contributed by atoms with Gasteiger partial charge in [0, 0.05) is 38.9 Å². The summed E-state index contributed by atoms with van der Waals surface area (Å²) in [6.45, 7) is 4.72. The molecule has 2 heteroatoms. The summed E-state index contributed by atoms with van der Waals surface area (Å²) in [6, 6.07) is 88.7. The van der Waals surface area contributed by atoms with Crippen LogP contribution >= 0.6 is 0 Å². The predicted octanol–water partition coefficient (Wildman–Crippen LogP) is 17.2.